The second-order valence-electron chi connectivity index (χ2n) is 7.48. The molecule has 0 aromatic heterocycles. The van der Waals surface area contributed by atoms with E-state index >= 15 is 0 Å². The normalized spacial score (nSPS) is 13.7. The molecule has 0 radical (unpaired) electrons. The van der Waals surface area contributed by atoms with E-state index in [9.17, 15) is 4.79 Å². The van der Waals surface area contributed by atoms with Gasteiger partial charge in [0.05, 0.1) is 0 Å². The first-order valence-corrected chi connectivity index (χ1v) is 7.29. The number of rotatable bonds is 3. The van der Waals surface area contributed by atoms with Gasteiger partial charge >= 0.3 is 0 Å². The maximum Gasteiger partial charge on any atom is 0.274 e. The molecule has 3 N–H and O–H groups in total. The number of nitrogens with one attached hydrogen (secondary N) is 1. The zero-order valence-corrected chi connectivity index (χ0v) is 14.2. The van der Waals surface area contributed by atoms with E-state index in [4.69, 9.17) is 10.6 Å². The molecule has 0 saturated carbocycles. The van der Waals surface area contributed by atoms with Gasteiger partial charge in [-0.2, -0.15) is 0 Å². The van der Waals surface area contributed by atoms with Gasteiger partial charge in [0.25, 0.3) is 5.91 Å². The molecule has 4 nitrogen and oxygen atoms in total. The van der Waals surface area contributed by atoms with Gasteiger partial charge in [-0.1, -0.05) is 53.7 Å². The van der Waals surface area contributed by atoms with Gasteiger partial charge in [0.15, 0.2) is 6.10 Å². The van der Waals surface area contributed by atoms with E-state index in [0.29, 0.717) is 0 Å². The number of benzene rings is 1. The number of hydrogen-bond acceptors (Lipinski definition) is 3. The van der Waals surface area contributed by atoms with Crippen LogP contribution >= 0.6 is 0 Å². The van der Waals surface area contributed by atoms with Gasteiger partial charge in [-0.3, -0.25) is 10.2 Å². The lowest BCUT2D eigenvalue weighted by Gasteiger charge is -2.28. The molecule has 118 valence electrons. The van der Waals surface area contributed by atoms with Gasteiger partial charge in [0, 0.05) is 0 Å². The van der Waals surface area contributed by atoms with Crippen LogP contribution in [-0.2, 0) is 15.6 Å². The van der Waals surface area contributed by atoms with Crippen molar-refractivity contribution in [3.63, 3.8) is 0 Å². The zero-order valence-electron chi connectivity index (χ0n) is 14.2. The fourth-order valence-electron chi connectivity index (χ4n) is 2.05. The highest BCUT2D eigenvalue weighted by atomic mass is 16.5. The Balaban J connectivity index is 3.24. The van der Waals surface area contributed by atoms with Crippen LogP contribution in [0.4, 0.5) is 0 Å². The molecule has 1 aromatic carbocycles. The van der Waals surface area contributed by atoms with E-state index in [2.05, 4.69) is 59.1 Å². The molecule has 0 aliphatic heterocycles. The van der Waals surface area contributed by atoms with E-state index in [1.807, 2.05) is 6.07 Å². The van der Waals surface area contributed by atoms with E-state index in [0.717, 1.165) is 11.3 Å². The SMILES string of the molecule is CC(Oc1ccc(C(C)(C)C)cc1C(C)(C)C)C(=O)NN. The van der Waals surface area contributed by atoms with Crippen LogP contribution in [0.15, 0.2) is 18.2 Å². The van der Waals surface area contributed by atoms with Crippen LogP contribution in [0, 0.1) is 0 Å². The first-order chi connectivity index (χ1) is 9.46. The Bertz CT molecular complexity index is 511. The number of hydrogen-bond donors (Lipinski definition) is 2. The lowest BCUT2D eigenvalue weighted by molar-refractivity contribution is -0.127. The smallest absolute Gasteiger partial charge is 0.274 e. The molecule has 1 atom stereocenters. The van der Waals surface area contributed by atoms with Gasteiger partial charge in [-0.15, -0.1) is 0 Å². The molecule has 1 amide bonds. The van der Waals surface area contributed by atoms with Crippen molar-refractivity contribution in [1.82, 2.24) is 5.43 Å². The summed E-state index contributed by atoms with van der Waals surface area (Å²) in [6.07, 6.45) is -0.628. The number of carbonyl (C=O) groups excluding carboxylic acids is 1. The molecule has 0 fully saturated rings. The van der Waals surface area contributed by atoms with Crippen LogP contribution < -0.4 is 16.0 Å². The van der Waals surface area contributed by atoms with Crippen molar-refractivity contribution in [1.29, 1.82) is 0 Å². The Morgan fingerprint density at radius 1 is 1.14 bits per heavy atom. The summed E-state index contributed by atoms with van der Waals surface area (Å²) in [5.74, 6) is 5.54. The summed E-state index contributed by atoms with van der Waals surface area (Å²) < 4.78 is 5.80. The predicted molar refractivity (Wildman–Crippen MR) is 86.3 cm³/mol. The number of nitrogens with two attached hydrogens (primary N) is 1. The number of hydrazine groups is 1. The summed E-state index contributed by atoms with van der Waals surface area (Å²) in [5, 5.41) is 0. The van der Waals surface area contributed by atoms with Crippen LogP contribution in [0.3, 0.4) is 0 Å². The highest BCUT2D eigenvalue weighted by molar-refractivity contribution is 5.80. The van der Waals surface area contributed by atoms with E-state index in [1.165, 1.54) is 5.56 Å². The molecular formula is C17H28N2O2. The molecule has 1 unspecified atom stereocenters. The van der Waals surface area contributed by atoms with Crippen molar-refractivity contribution in [3.8, 4) is 5.75 Å². The predicted octanol–water partition coefficient (Wildman–Crippen LogP) is 3.04. The molecule has 0 aliphatic carbocycles. The molecule has 1 aromatic rings. The van der Waals surface area contributed by atoms with Crippen LogP contribution in [0.2, 0.25) is 0 Å². The largest absolute Gasteiger partial charge is 0.481 e. The number of amides is 1. The third-order valence-electron chi connectivity index (χ3n) is 3.47. The summed E-state index contributed by atoms with van der Waals surface area (Å²) in [6, 6.07) is 6.17. The molecule has 21 heavy (non-hydrogen) atoms. The minimum Gasteiger partial charge on any atom is -0.481 e. The Hall–Kier alpha value is -1.55. The van der Waals surface area contributed by atoms with Crippen LogP contribution in [0.25, 0.3) is 0 Å². The average Bonchev–Trinajstić information content (AvgIpc) is 2.35. The van der Waals surface area contributed by atoms with Crippen molar-refractivity contribution in [2.24, 2.45) is 5.84 Å². The molecule has 1 rings (SSSR count). The van der Waals surface area contributed by atoms with Crippen molar-refractivity contribution < 1.29 is 9.53 Å². The molecular weight excluding hydrogens is 264 g/mol. The Morgan fingerprint density at radius 3 is 2.14 bits per heavy atom. The third kappa shape index (κ3) is 4.46. The Morgan fingerprint density at radius 2 is 1.71 bits per heavy atom. The second kappa shape index (κ2) is 6.06. The van der Waals surface area contributed by atoms with E-state index < -0.39 is 6.10 Å². The zero-order chi connectivity index (χ0) is 16.4. The number of carbonyl (C=O) groups is 1. The quantitative estimate of drug-likeness (QED) is 0.511. The van der Waals surface area contributed by atoms with Gasteiger partial charge in [0.2, 0.25) is 0 Å². The number of ether oxygens (including phenoxy) is 1. The Labute approximate surface area is 128 Å². The van der Waals surface area contributed by atoms with Crippen LogP contribution in [-0.4, -0.2) is 12.0 Å². The standard InChI is InChI=1S/C17H28N2O2/c1-11(15(20)19-18)21-14-9-8-12(16(2,3)4)10-13(14)17(5,6)7/h8-11H,18H2,1-7H3,(H,19,20). The van der Waals surface area contributed by atoms with Crippen molar-refractivity contribution in [3.05, 3.63) is 29.3 Å². The van der Waals surface area contributed by atoms with E-state index in [-0.39, 0.29) is 16.7 Å². The molecule has 4 heteroatoms. The molecule has 0 heterocycles. The van der Waals surface area contributed by atoms with Crippen molar-refractivity contribution in [2.45, 2.75) is 65.4 Å². The third-order valence-corrected chi connectivity index (χ3v) is 3.47. The van der Waals surface area contributed by atoms with Crippen LogP contribution in [0.1, 0.15) is 59.6 Å². The minimum absolute atomic E-state index is 0.0682. The average molecular weight is 292 g/mol. The second-order valence-corrected chi connectivity index (χ2v) is 7.48. The Kier molecular flexibility index (Phi) is 5.05. The lowest BCUT2D eigenvalue weighted by atomic mass is 9.80. The van der Waals surface area contributed by atoms with Gasteiger partial charge < -0.3 is 4.74 Å². The monoisotopic (exact) mass is 292 g/mol. The summed E-state index contributed by atoms with van der Waals surface area (Å²) in [5.41, 5.74) is 4.44. The summed E-state index contributed by atoms with van der Waals surface area (Å²) in [6.45, 7) is 14.6. The summed E-state index contributed by atoms with van der Waals surface area (Å²) in [7, 11) is 0. The molecule has 0 saturated heterocycles. The van der Waals surface area contributed by atoms with Gasteiger partial charge in [0.1, 0.15) is 5.75 Å². The highest BCUT2D eigenvalue weighted by Crippen LogP contribution is 2.35. The maximum absolute atomic E-state index is 11.5. The first-order valence-electron chi connectivity index (χ1n) is 7.29. The fourth-order valence-corrected chi connectivity index (χ4v) is 2.05. The first kappa shape index (κ1) is 17.5. The molecule has 0 bridgehead atoms. The van der Waals surface area contributed by atoms with E-state index in [1.54, 1.807) is 6.92 Å². The summed E-state index contributed by atoms with van der Waals surface area (Å²) >= 11 is 0. The summed E-state index contributed by atoms with van der Waals surface area (Å²) in [4.78, 5) is 11.5. The van der Waals surface area contributed by atoms with Gasteiger partial charge in [-0.25, -0.2) is 5.84 Å². The lowest BCUT2D eigenvalue weighted by Crippen LogP contribution is -2.40. The van der Waals surface area contributed by atoms with Crippen LogP contribution in [0.5, 0.6) is 5.75 Å². The van der Waals surface area contributed by atoms with Gasteiger partial charge in [-0.05, 0) is 34.9 Å². The van der Waals surface area contributed by atoms with Crippen molar-refractivity contribution >= 4 is 5.91 Å². The highest BCUT2D eigenvalue weighted by Gasteiger charge is 2.24. The molecule has 0 aliphatic rings. The molecule has 0 spiro atoms. The fraction of sp³-hybridized carbons (Fsp3) is 0.588. The van der Waals surface area contributed by atoms with Crippen molar-refractivity contribution in [2.75, 3.05) is 0 Å². The topological polar surface area (TPSA) is 64.3 Å². The maximum atomic E-state index is 11.5. The minimum atomic E-state index is -0.628.